The van der Waals surface area contributed by atoms with E-state index >= 15 is 0 Å². The van der Waals surface area contributed by atoms with Crippen molar-refractivity contribution in [3.63, 3.8) is 0 Å². The molecule has 10 heteroatoms. The van der Waals surface area contributed by atoms with Crippen molar-refractivity contribution in [2.75, 3.05) is 28.2 Å². The summed E-state index contributed by atoms with van der Waals surface area (Å²) in [6.07, 6.45) is -0.674. The Kier molecular flexibility index (Phi) is 12.7. The molecule has 6 aromatic carbocycles. The molecule has 0 unspecified atom stereocenters. The summed E-state index contributed by atoms with van der Waals surface area (Å²) in [4.78, 5) is 60.1. The molecular weight excluding hydrogens is 753 g/mol. The molecule has 0 heterocycles. The quantitative estimate of drug-likeness (QED) is 0.121. The number of ether oxygens (including phenoxy) is 2. The van der Waals surface area contributed by atoms with Crippen molar-refractivity contribution in [2.24, 2.45) is 0 Å². The van der Waals surface area contributed by atoms with E-state index in [-0.39, 0.29) is 24.7 Å². The van der Waals surface area contributed by atoms with Gasteiger partial charge in [-0.15, -0.1) is 0 Å². The summed E-state index contributed by atoms with van der Waals surface area (Å²) in [5, 5.41) is 8.01. The minimum absolute atomic E-state index is 0.0612. The number of hydrogen-bond acceptors (Lipinski definition) is 6. The topological polar surface area (TPSA) is 99.7 Å². The van der Waals surface area contributed by atoms with Crippen LogP contribution in [0.4, 0.5) is 9.59 Å². The number of carbonyl (C=O) groups excluding carboxylic acids is 4. The first-order valence-electron chi connectivity index (χ1n) is 20.5. The van der Waals surface area contributed by atoms with Crippen LogP contribution in [0.15, 0.2) is 97.1 Å². The van der Waals surface area contributed by atoms with E-state index in [0.717, 1.165) is 65.3 Å². The number of hydrogen-bond donors (Lipinski definition) is 0. The van der Waals surface area contributed by atoms with Crippen LogP contribution in [0.3, 0.4) is 0 Å². The van der Waals surface area contributed by atoms with E-state index < -0.39 is 23.4 Å². The average molecular weight is 811 g/mol. The number of benzene rings is 6. The van der Waals surface area contributed by atoms with Gasteiger partial charge in [0.15, 0.2) is 0 Å². The first kappa shape index (κ1) is 43.4. The Morgan fingerprint density at radius 1 is 0.383 bits per heavy atom. The summed E-state index contributed by atoms with van der Waals surface area (Å²) < 4.78 is 11.3. The maximum atomic E-state index is 13.8. The number of amides is 4. The van der Waals surface area contributed by atoms with Crippen LogP contribution >= 0.6 is 0 Å². The molecule has 6 rings (SSSR count). The molecule has 0 radical (unpaired) electrons. The molecule has 60 heavy (non-hydrogen) atoms. The van der Waals surface area contributed by atoms with Gasteiger partial charge in [0.05, 0.1) is 0 Å². The molecule has 0 spiro atoms. The number of fused-ring (bicyclic) bond motifs is 4. The van der Waals surface area contributed by atoms with Gasteiger partial charge in [-0.3, -0.25) is 9.59 Å². The zero-order valence-electron chi connectivity index (χ0n) is 36.7. The fourth-order valence-electron chi connectivity index (χ4n) is 7.83. The van der Waals surface area contributed by atoms with Gasteiger partial charge >= 0.3 is 12.2 Å². The second-order valence-electron chi connectivity index (χ2n) is 17.8. The molecule has 0 atom stereocenters. The van der Waals surface area contributed by atoms with Gasteiger partial charge in [0, 0.05) is 67.2 Å². The van der Waals surface area contributed by atoms with E-state index in [0.29, 0.717) is 26.2 Å². The van der Waals surface area contributed by atoms with Crippen LogP contribution in [0, 0.1) is 0 Å². The fraction of sp³-hybridized carbons (Fsp3) is 0.360. The lowest BCUT2D eigenvalue weighted by molar-refractivity contribution is -0.136. The van der Waals surface area contributed by atoms with Crippen molar-refractivity contribution in [2.45, 2.75) is 91.8 Å². The highest BCUT2D eigenvalue weighted by Gasteiger charge is 2.25. The van der Waals surface area contributed by atoms with Crippen LogP contribution in [-0.4, -0.2) is 83.0 Å². The van der Waals surface area contributed by atoms with Gasteiger partial charge in [-0.1, -0.05) is 97.1 Å². The van der Waals surface area contributed by atoms with Gasteiger partial charge < -0.3 is 29.1 Å². The molecule has 314 valence electrons. The van der Waals surface area contributed by atoms with Gasteiger partial charge in [0.25, 0.3) is 0 Å². The van der Waals surface area contributed by atoms with Crippen molar-refractivity contribution < 1.29 is 28.7 Å². The summed E-state index contributed by atoms with van der Waals surface area (Å²) in [5.74, 6) is -0.263. The zero-order chi connectivity index (χ0) is 43.5. The minimum atomic E-state index is -0.614. The van der Waals surface area contributed by atoms with Gasteiger partial charge in [0.2, 0.25) is 11.8 Å². The van der Waals surface area contributed by atoms with E-state index in [1.807, 2.05) is 90.1 Å². The van der Waals surface area contributed by atoms with Crippen molar-refractivity contribution in [1.82, 2.24) is 19.6 Å². The Bertz CT molecular complexity index is 2290. The molecule has 0 aromatic heterocycles. The smallest absolute Gasteiger partial charge is 0.410 e. The van der Waals surface area contributed by atoms with Gasteiger partial charge in [-0.25, -0.2) is 9.59 Å². The lowest BCUT2D eigenvalue weighted by Gasteiger charge is -2.27. The molecule has 0 N–H and O–H groups in total. The molecule has 10 nitrogen and oxygen atoms in total. The molecular formula is C50H58N4O6. The van der Waals surface area contributed by atoms with Gasteiger partial charge in [-0.2, -0.15) is 0 Å². The minimum Gasteiger partial charge on any atom is -0.444 e. The lowest BCUT2D eigenvalue weighted by atomic mass is 9.91. The molecule has 4 amide bonds. The molecule has 0 bridgehead atoms. The van der Waals surface area contributed by atoms with Crippen LogP contribution in [0.2, 0.25) is 0 Å². The summed E-state index contributed by atoms with van der Waals surface area (Å²) in [6, 6.07) is 32.4. The predicted molar refractivity (Wildman–Crippen MR) is 240 cm³/mol. The molecule has 0 aliphatic carbocycles. The Balaban J connectivity index is 1.19. The zero-order valence-corrected chi connectivity index (χ0v) is 36.7. The third-order valence-electron chi connectivity index (χ3n) is 10.7. The number of carbonyl (C=O) groups is 4. The molecule has 0 fully saturated rings. The van der Waals surface area contributed by atoms with Crippen LogP contribution in [0.25, 0.3) is 43.1 Å². The summed E-state index contributed by atoms with van der Waals surface area (Å²) in [5.41, 5.74) is 2.79. The fourth-order valence-corrected chi connectivity index (χ4v) is 7.83. The van der Waals surface area contributed by atoms with E-state index in [2.05, 4.69) is 48.5 Å². The number of nitrogens with zero attached hydrogens (tertiary/aromatic N) is 4. The van der Waals surface area contributed by atoms with Crippen molar-refractivity contribution in [1.29, 1.82) is 0 Å². The Morgan fingerprint density at radius 3 is 0.783 bits per heavy atom. The van der Waals surface area contributed by atoms with Crippen LogP contribution in [0.5, 0.6) is 0 Å². The monoisotopic (exact) mass is 810 g/mol. The largest absolute Gasteiger partial charge is 0.444 e. The number of rotatable bonds is 11. The predicted octanol–water partition coefficient (Wildman–Crippen LogP) is 10.4. The second kappa shape index (κ2) is 17.6. The first-order valence-corrected chi connectivity index (χ1v) is 20.5. The molecule has 0 saturated heterocycles. The van der Waals surface area contributed by atoms with Crippen molar-refractivity contribution in [3.05, 3.63) is 119 Å². The average Bonchev–Trinajstić information content (AvgIpc) is 3.20. The van der Waals surface area contributed by atoms with E-state index in [9.17, 15) is 19.2 Å². The normalized spacial score (nSPS) is 11.8. The highest BCUT2D eigenvalue weighted by atomic mass is 16.6. The highest BCUT2D eigenvalue weighted by molar-refractivity contribution is 6.07. The second-order valence-corrected chi connectivity index (χ2v) is 17.8. The van der Waals surface area contributed by atoms with Crippen LogP contribution in [-0.2, 0) is 45.2 Å². The molecule has 0 aliphatic rings. The molecule has 0 aliphatic heterocycles. The summed E-state index contributed by atoms with van der Waals surface area (Å²) >= 11 is 0. The highest BCUT2D eigenvalue weighted by Crippen LogP contribution is 2.36. The maximum absolute atomic E-state index is 13.8. The standard InChI is InChI=1S/C50H58N4O6/c1-49(2,3)59-47(57)53(9)31-43-37-23-15-11-19-33(37)41(34-20-12-16-24-38(34)43)29-51(7)45(55)27-28-46(56)52(8)30-42-35-21-13-17-25-39(35)44(40-26-18-14-22-36(40)42)32-54(10)48(58)60-50(4,5)6/h11-26H,27-32H2,1-10H3. The van der Waals surface area contributed by atoms with Gasteiger partial charge in [0.1, 0.15) is 11.2 Å². The van der Waals surface area contributed by atoms with Gasteiger partial charge in [-0.05, 0) is 107 Å². The van der Waals surface area contributed by atoms with E-state index in [4.69, 9.17) is 9.47 Å². The summed E-state index contributed by atoms with van der Waals surface area (Å²) in [7, 11) is 7.05. The van der Waals surface area contributed by atoms with E-state index in [1.54, 1.807) is 47.8 Å². The molecule has 6 aromatic rings. The van der Waals surface area contributed by atoms with Crippen LogP contribution < -0.4 is 0 Å². The third-order valence-corrected chi connectivity index (χ3v) is 10.7. The Morgan fingerprint density at radius 2 is 0.583 bits per heavy atom. The third kappa shape index (κ3) is 9.82. The lowest BCUT2D eigenvalue weighted by Crippen LogP contribution is -2.34. The Hall–Kier alpha value is -6.16. The van der Waals surface area contributed by atoms with Crippen molar-refractivity contribution >= 4 is 67.1 Å². The Labute approximate surface area is 353 Å². The molecule has 0 saturated carbocycles. The SMILES string of the molecule is CN(Cc1c2ccccc2c(CN(C)C(=O)OC(C)(C)C)c2ccccc12)C(=O)CCC(=O)N(C)Cc1c2ccccc2c(CN(C)C(=O)OC(C)(C)C)c2ccccc12. The summed E-state index contributed by atoms with van der Waals surface area (Å²) in [6.45, 7) is 12.5. The van der Waals surface area contributed by atoms with Crippen LogP contribution in [0.1, 0.15) is 76.6 Å². The first-order chi connectivity index (χ1) is 28.3. The van der Waals surface area contributed by atoms with E-state index in [1.165, 1.54) is 0 Å². The van der Waals surface area contributed by atoms with Crippen molar-refractivity contribution in [3.8, 4) is 0 Å². The maximum Gasteiger partial charge on any atom is 0.410 e.